The maximum absolute atomic E-state index is 12.2. The maximum atomic E-state index is 12.2. The van der Waals surface area contributed by atoms with Crippen molar-refractivity contribution in [3.63, 3.8) is 0 Å². The number of benzene rings is 1. The zero-order valence-corrected chi connectivity index (χ0v) is 16.8. The lowest BCUT2D eigenvalue weighted by molar-refractivity contribution is -0.110. The lowest BCUT2D eigenvalue weighted by Gasteiger charge is -2.15. The number of carbonyl (C=O) groups is 1. The second-order valence-electron chi connectivity index (χ2n) is 4.59. The van der Waals surface area contributed by atoms with E-state index in [0.29, 0.717) is 30.6 Å². The molecule has 2 aromatic rings. The summed E-state index contributed by atoms with van der Waals surface area (Å²) in [6, 6.07) is 5.05. The van der Waals surface area contributed by atoms with E-state index in [1.165, 1.54) is 14.2 Å². The molecule has 0 unspecified atom stereocenters. The number of hydrogen-bond donors (Lipinski definition) is 0. The van der Waals surface area contributed by atoms with Crippen molar-refractivity contribution in [2.75, 3.05) is 20.8 Å². The van der Waals surface area contributed by atoms with Crippen LogP contribution in [0.2, 0.25) is 10.0 Å². The van der Waals surface area contributed by atoms with E-state index < -0.39 is 12.4 Å². The van der Waals surface area contributed by atoms with Crippen LogP contribution in [0, 0.1) is 3.57 Å². The van der Waals surface area contributed by atoms with Crippen molar-refractivity contribution in [1.82, 2.24) is 9.78 Å². The van der Waals surface area contributed by atoms with Gasteiger partial charge in [0.1, 0.15) is 11.4 Å². The molecule has 24 heavy (non-hydrogen) atoms. The first-order chi connectivity index (χ1) is 11.4. The highest BCUT2D eigenvalue weighted by Gasteiger charge is 2.29. The van der Waals surface area contributed by atoms with Crippen LogP contribution in [0.15, 0.2) is 18.2 Å². The van der Waals surface area contributed by atoms with Gasteiger partial charge < -0.3 is 14.2 Å². The maximum Gasteiger partial charge on any atom is 0.435 e. The number of carbonyl (C=O) groups excluding carboxylic acids is 1. The van der Waals surface area contributed by atoms with Gasteiger partial charge in [-0.3, -0.25) is 0 Å². The summed E-state index contributed by atoms with van der Waals surface area (Å²) in [5, 5.41) is 5.29. The first-order valence-electron chi connectivity index (χ1n) is 6.91. The Balaban J connectivity index is 2.66. The molecule has 130 valence electrons. The summed E-state index contributed by atoms with van der Waals surface area (Å²) >= 11 is 14.3. The number of halogens is 3. The average Bonchev–Trinajstić information content (AvgIpc) is 2.87. The minimum absolute atomic E-state index is 0.219. The predicted molar refractivity (Wildman–Crippen MR) is 99.6 cm³/mol. The third-order valence-electron chi connectivity index (χ3n) is 3.14. The van der Waals surface area contributed by atoms with E-state index in [0.717, 1.165) is 4.68 Å². The summed E-state index contributed by atoms with van der Waals surface area (Å²) < 4.78 is 17.4. The molecule has 0 aliphatic carbocycles. The van der Waals surface area contributed by atoms with Gasteiger partial charge in [-0.05, 0) is 47.7 Å². The van der Waals surface area contributed by atoms with Crippen molar-refractivity contribution in [3.05, 3.63) is 37.5 Å². The predicted octanol–water partition coefficient (Wildman–Crippen LogP) is 4.76. The zero-order chi connectivity index (χ0) is 17.9. The van der Waals surface area contributed by atoms with Gasteiger partial charge in [-0.15, -0.1) is 0 Å². The zero-order valence-electron chi connectivity index (χ0n) is 13.2. The normalized spacial score (nSPS) is 11.1. The molecule has 6 nitrogen and oxygen atoms in total. The van der Waals surface area contributed by atoms with E-state index in [-0.39, 0.29) is 6.61 Å². The van der Waals surface area contributed by atoms with Crippen molar-refractivity contribution in [3.8, 4) is 11.3 Å². The summed E-state index contributed by atoms with van der Waals surface area (Å²) in [7, 11) is 2.95. The van der Waals surface area contributed by atoms with Gasteiger partial charge in [-0.2, -0.15) is 9.78 Å². The van der Waals surface area contributed by atoms with Crippen molar-refractivity contribution >= 4 is 51.9 Å². The second-order valence-corrected chi connectivity index (χ2v) is 6.51. The molecule has 0 aliphatic heterocycles. The van der Waals surface area contributed by atoms with Crippen LogP contribution in [0.1, 0.15) is 18.9 Å². The SMILES string of the molecule is CCOC(=O)n1nc(-c2ccc(Cl)cc2Cl)c(I)c1C(OC)OC. The van der Waals surface area contributed by atoms with E-state index in [1.807, 2.05) is 0 Å². The first-order valence-corrected chi connectivity index (χ1v) is 8.74. The molecular weight excluding hydrogens is 470 g/mol. The fraction of sp³-hybridized carbons (Fsp3) is 0.333. The number of ether oxygens (including phenoxy) is 3. The third-order valence-corrected chi connectivity index (χ3v) is 4.75. The molecule has 0 fully saturated rings. The highest BCUT2D eigenvalue weighted by molar-refractivity contribution is 14.1. The molecule has 0 aliphatic rings. The minimum atomic E-state index is -0.784. The van der Waals surface area contributed by atoms with Crippen molar-refractivity contribution < 1.29 is 19.0 Å². The van der Waals surface area contributed by atoms with Gasteiger partial charge in [-0.25, -0.2) is 4.79 Å². The van der Waals surface area contributed by atoms with Crippen LogP contribution in [0.25, 0.3) is 11.3 Å². The lowest BCUT2D eigenvalue weighted by atomic mass is 10.1. The minimum Gasteiger partial charge on any atom is -0.448 e. The van der Waals surface area contributed by atoms with Crippen LogP contribution in [0.3, 0.4) is 0 Å². The van der Waals surface area contributed by atoms with Gasteiger partial charge in [0.15, 0.2) is 0 Å². The van der Waals surface area contributed by atoms with Gasteiger partial charge in [0.25, 0.3) is 0 Å². The largest absolute Gasteiger partial charge is 0.448 e. The second kappa shape index (κ2) is 8.48. The van der Waals surface area contributed by atoms with E-state index in [9.17, 15) is 4.79 Å². The molecule has 0 spiro atoms. The molecular formula is C15H15Cl2IN2O4. The molecule has 1 aromatic carbocycles. The van der Waals surface area contributed by atoms with Crippen molar-refractivity contribution in [2.45, 2.75) is 13.2 Å². The van der Waals surface area contributed by atoms with Crippen LogP contribution in [0.5, 0.6) is 0 Å². The summed E-state index contributed by atoms with van der Waals surface area (Å²) in [6.07, 6.45) is -1.41. The summed E-state index contributed by atoms with van der Waals surface area (Å²) in [6.45, 7) is 1.93. The molecule has 1 aromatic heterocycles. The van der Waals surface area contributed by atoms with Gasteiger partial charge in [0, 0.05) is 24.8 Å². The first kappa shape index (κ1) is 19.5. The van der Waals surface area contributed by atoms with Crippen LogP contribution >= 0.6 is 45.8 Å². The molecule has 1 heterocycles. The Morgan fingerprint density at radius 3 is 2.54 bits per heavy atom. The van der Waals surface area contributed by atoms with Gasteiger partial charge in [-0.1, -0.05) is 23.2 Å². The Bertz CT molecular complexity index is 747. The standard InChI is InChI=1S/C15H15Cl2IN2O4/c1-4-24-15(21)20-13(14(22-2)23-3)11(18)12(19-20)9-6-5-8(16)7-10(9)17/h5-7,14H,4H2,1-3H3. The van der Waals surface area contributed by atoms with E-state index >= 15 is 0 Å². The van der Waals surface area contributed by atoms with E-state index in [4.69, 9.17) is 37.4 Å². The Labute approximate surface area is 163 Å². The van der Waals surface area contributed by atoms with Gasteiger partial charge >= 0.3 is 6.09 Å². The molecule has 0 radical (unpaired) electrons. The van der Waals surface area contributed by atoms with Crippen molar-refractivity contribution in [1.29, 1.82) is 0 Å². The Morgan fingerprint density at radius 2 is 2.00 bits per heavy atom. The molecule has 0 atom stereocenters. The molecule has 0 saturated heterocycles. The summed E-state index contributed by atoms with van der Waals surface area (Å²) in [5.41, 5.74) is 1.58. The highest BCUT2D eigenvalue weighted by atomic mass is 127. The fourth-order valence-corrected chi connectivity index (χ4v) is 3.49. The monoisotopic (exact) mass is 484 g/mol. The molecule has 0 bridgehead atoms. The Morgan fingerprint density at radius 1 is 1.33 bits per heavy atom. The number of aromatic nitrogens is 2. The lowest BCUT2D eigenvalue weighted by Crippen LogP contribution is -2.21. The number of nitrogens with zero attached hydrogens (tertiary/aromatic N) is 2. The summed E-state index contributed by atoms with van der Waals surface area (Å²) in [4.78, 5) is 12.2. The van der Waals surface area contributed by atoms with Crippen molar-refractivity contribution in [2.24, 2.45) is 0 Å². The highest BCUT2D eigenvalue weighted by Crippen LogP contribution is 2.36. The molecule has 0 N–H and O–H groups in total. The third kappa shape index (κ3) is 3.85. The Hall–Kier alpha value is -0.870. The van der Waals surface area contributed by atoms with Crippen LogP contribution < -0.4 is 0 Å². The van der Waals surface area contributed by atoms with Crippen LogP contribution in [0.4, 0.5) is 4.79 Å². The van der Waals surface area contributed by atoms with E-state index in [2.05, 4.69) is 27.7 Å². The number of rotatable bonds is 5. The molecule has 2 rings (SSSR count). The molecule has 9 heteroatoms. The smallest absolute Gasteiger partial charge is 0.435 e. The topological polar surface area (TPSA) is 62.6 Å². The quantitative estimate of drug-likeness (QED) is 0.452. The average molecular weight is 485 g/mol. The Kier molecular flexibility index (Phi) is 6.88. The van der Waals surface area contributed by atoms with Crippen LogP contribution in [-0.4, -0.2) is 36.7 Å². The molecule has 0 amide bonds. The summed E-state index contributed by atoms with van der Waals surface area (Å²) in [5.74, 6) is 0. The van der Waals surface area contributed by atoms with Crippen LogP contribution in [-0.2, 0) is 14.2 Å². The number of hydrogen-bond acceptors (Lipinski definition) is 5. The number of methoxy groups -OCH3 is 2. The van der Waals surface area contributed by atoms with Gasteiger partial charge in [0.05, 0.1) is 15.2 Å². The molecule has 0 saturated carbocycles. The van der Waals surface area contributed by atoms with Gasteiger partial charge in [0.2, 0.25) is 6.29 Å². The fourth-order valence-electron chi connectivity index (χ4n) is 2.11. The van der Waals surface area contributed by atoms with E-state index in [1.54, 1.807) is 25.1 Å².